The van der Waals surface area contributed by atoms with Crippen LogP contribution in [0.25, 0.3) is 23.1 Å². The Hall–Kier alpha value is -2.59. The molecule has 1 unspecified atom stereocenters. The zero-order valence-corrected chi connectivity index (χ0v) is 22.9. The van der Waals surface area contributed by atoms with Gasteiger partial charge in [0.25, 0.3) is 0 Å². The number of fused-ring (bicyclic) bond motifs is 1. The van der Waals surface area contributed by atoms with Crippen LogP contribution < -0.4 is 0 Å². The lowest BCUT2D eigenvalue weighted by atomic mass is 9.95. The van der Waals surface area contributed by atoms with Gasteiger partial charge in [-0.3, -0.25) is 0 Å². The van der Waals surface area contributed by atoms with E-state index in [9.17, 15) is 5.11 Å². The summed E-state index contributed by atoms with van der Waals surface area (Å²) in [5.41, 5.74) is 6.74. The normalized spacial score (nSPS) is 15.3. The van der Waals surface area contributed by atoms with Crippen molar-refractivity contribution in [2.45, 2.75) is 50.4 Å². The molecule has 5 rings (SSSR count). The summed E-state index contributed by atoms with van der Waals surface area (Å²) >= 11 is 8.26. The van der Waals surface area contributed by atoms with Gasteiger partial charge in [0.1, 0.15) is 0 Å². The number of nitrogens with zero attached hydrogens (tertiary/aromatic N) is 1. The maximum absolute atomic E-state index is 10.5. The maximum atomic E-state index is 10.5. The van der Waals surface area contributed by atoms with E-state index in [0.29, 0.717) is 10.3 Å². The Morgan fingerprint density at radius 3 is 2.68 bits per heavy atom. The van der Waals surface area contributed by atoms with Crippen LogP contribution in [0.3, 0.4) is 0 Å². The molecule has 2 nitrogen and oxygen atoms in total. The van der Waals surface area contributed by atoms with Crippen molar-refractivity contribution in [3.63, 3.8) is 0 Å². The third-order valence-corrected chi connectivity index (χ3v) is 8.92. The molecule has 2 atom stereocenters. The average molecular weight is 528 g/mol. The maximum Gasteiger partial charge on any atom is 0.0790 e. The molecule has 1 aromatic heterocycles. The van der Waals surface area contributed by atoms with Crippen LogP contribution in [-0.4, -0.2) is 15.8 Å². The highest BCUT2D eigenvalue weighted by atomic mass is 35.5. The summed E-state index contributed by atoms with van der Waals surface area (Å²) in [4.78, 5) is 4.76. The number of aromatic nitrogens is 1. The number of hydrogen-bond donors (Lipinski definition) is 1. The quantitative estimate of drug-likeness (QED) is 0.211. The lowest BCUT2D eigenvalue weighted by Crippen LogP contribution is -2.04. The number of benzene rings is 3. The van der Waals surface area contributed by atoms with Gasteiger partial charge in [-0.2, -0.15) is 11.8 Å². The first-order chi connectivity index (χ1) is 18.1. The van der Waals surface area contributed by atoms with Gasteiger partial charge in [0.05, 0.1) is 17.3 Å². The molecular formula is C33H34ClNOS. The average Bonchev–Trinajstić information content (AvgIpc) is 3.76. The van der Waals surface area contributed by atoms with Crippen LogP contribution in [-0.2, 0) is 6.42 Å². The molecule has 1 saturated carbocycles. The van der Waals surface area contributed by atoms with E-state index in [1.165, 1.54) is 35.3 Å². The molecule has 37 heavy (non-hydrogen) atoms. The summed E-state index contributed by atoms with van der Waals surface area (Å²) in [6, 6.07) is 27.3. The molecular weight excluding hydrogens is 494 g/mol. The van der Waals surface area contributed by atoms with Crippen molar-refractivity contribution in [3.8, 4) is 0 Å². The van der Waals surface area contributed by atoms with Gasteiger partial charge in [0.15, 0.2) is 0 Å². The molecule has 1 aliphatic carbocycles. The summed E-state index contributed by atoms with van der Waals surface area (Å²) < 4.78 is 0. The molecule has 4 heteroatoms. The molecule has 0 aliphatic heterocycles. The lowest BCUT2D eigenvalue weighted by molar-refractivity contribution is 0.172. The van der Waals surface area contributed by atoms with E-state index in [0.717, 1.165) is 47.3 Å². The summed E-state index contributed by atoms with van der Waals surface area (Å²) in [7, 11) is 0. The van der Waals surface area contributed by atoms with Crippen molar-refractivity contribution in [1.29, 1.82) is 0 Å². The molecule has 1 aliphatic rings. The predicted octanol–water partition coefficient (Wildman–Crippen LogP) is 9.32. The zero-order chi connectivity index (χ0) is 25.6. The summed E-state index contributed by atoms with van der Waals surface area (Å²) in [5, 5.41) is 12.7. The summed E-state index contributed by atoms with van der Waals surface area (Å²) in [6.07, 6.45) is 9.36. The van der Waals surface area contributed by atoms with Crippen LogP contribution in [0.5, 0.6) is 0 Å². The fourth-order valence-electron chi connectivity index (χ4n) is 4.72. The Morgan fingerprint density at radius 2 is 1.84 bits per heavy atom. The number of pyridine rings is 1. The van der Waals surface area contributed by atoms with Gasteiger partial charge >= 0.3 is 0 Å². The first kappa shape index (κ1) is 26.0. The molecule has 0 spiro atoms. The van der Waals surface area contributed by atoms with Crippen LogP contribution in [0.1, 0.15) is 71.9 Å². The molecule has 1 heterocycles. The summed E-state index contributed by atoms with van der Waals surface area (Å²) in [6.45, 7) is 2.04. The van der Waals surface area contributed by atoms with Gasteiger partial charge < -0.3 is 5.11 Å². The Balaban J connectivity index is 1.33. The van der Waals surface area contributed by atoms with Crippen LogP contribution in [0.15, 0.2) is 78.9 Å². The number of rotatable bonds is 11. The lowest BCUT2D eigenvalue weighted by Gasteiger charge is -2.20. The van der Waals surface area contributed by atoms with Crippen LogP contribution in [0.4, 0.5) is 0 Å². The Kier molecular flexibility index (Phi) is 8.66. The van der Waals surface area contributed by atoms with Crippen molar-refractivity contribution >= 4 is 46.4 Å². The number of halogens is 1. The third-order valence-electron chi connectivity index (χ3n) is 7.11. The van der Waals surface area contributed by atoms with Crippen molar-refractivity contribution in [1.82, 2.24) is 4.98 Å². The fraction of sp³-hybridized carbons (Fsp3) is 0.303. The molecule has 190 valence electrons. The molecule has 3 aromatic carbocycles. The van der Waals surface area contributed by atoms with E-state index in [1.54, 1.807) is 0 Å². The van der Waals surface area contributed by atoms with Gasteiger partial charge in [-0.05, 0) is 90.3 Å². The second-order valence-corrected chi connectivity index (χ2v) is 11.7. The van der Waals surface area contributed by atoms with E-state index in [2.05, 4.69) is 72.4 Å². The van der Waals surface area contributed by atoms with Gasteiger partial charge in [-0.25, -0.2) is 4.98 Å². The highest BCUT2D eigenvalue weighted by Gasteiger charge is 2.24. The van der Waals surface area contributed by atoms with Crippen LogP contribution >= 0.6 is 23.4 Å². The second kappa shape index (κ2) is 12.3. The number of aliphatic hydroxyl groups is 1. The third kappa shape index (κ3) is 7.04. The van der Waals surface area contributed by atoms with E-state index >= 15 is 0 Å². The monoisotopic (exact) mass is 527 g/mol. The van der Waals surface area contributed by atoms with Crippen LogP contribution in [0, 0.1) is 5.92 Å². The Morgan fingerprint density at radius 1 is 1.00 bits per heavy atom. The predicted molar refractivity (Wildman–Crippen MR) is 160 cm³/mol. The van der Waals surface area contributed by atoms with Crippen molar-refractivity contribution in [3.05, 3.63) is 112 Å². The molecule has 0 amide bonds. The smallest absolute Gasteiger partial charge is 0.0790 e. The number of aliphatic hydroxyl groups excluding tert-OH is 1. The molecule has 0 radical (unpaired) electrons. The minimum absolute atomic E-state index is 0.387. The number of aryl methyl sites for hydroxylation is 1. The van der Waals surface area contributed by atoms with Crippen LogP contribution in [0.2, 0.25) is 5.02 Å². The SMILES string of the molecule is CCC(O)c1ccccc1CC[C@@H](SCC1CC1)c1cccc(C=Cc2ccc3ccc(Cl)cc3n2)c1. The number of hydrogen-bond acceptors (Lipinski definition) is 3. The Bertz CT molecular complexity index is 1380. The van der Waals surface area contributed by atoms with E-state index in [1.807, 2.05) is 37.3 Å². The Labute approximate surface area is 229 Å². The fourth-order valence-corrected chi connectivity index (χ4v) is 6.35. The van der Waals surface area contributed by atoms with Gasteiger partial charge in [0, 0.05) is 15.7 Å². The van der Waals surface area contributed by atoms with E-state index < -0.39 is 0 Å². The van der Waals surface area contributed by atoms with Crippen molar-refractivity contribution in [2.24, 2.45) is 5.92 Å². The molecule has 0 saturated heterocycles. The first-order valence-electron chi connectivity index (χ1n) is 13.3. The standard InChI is InChI=1S/C33H34ClNOS/c1-2-32(36)30-9-4-3-7-25(30)15-19-33(37-22-24-10-11-24)27-8-5-6-23(20-27)12-17-29-18-14-26-13-16-28(34)21-31(26)35-29/h3-9,12-14,16-18,20-21,24,32-33,36H,2,10-11,15,19,22H2,1H3/t32?,33-/m1/s1. The molecule has 1 N–H and O–H groups in total. The van der Waals surface area contributed by atoms with Gasteiger partial charge in [-0.15, -0.1) is 0 Å². The molecule has 4 aromatic rings. The van der Waals surface area contributed by atoms with Crippen molar-refractivity contribution < 1.29 is 5.11 Å². The zero-order valence-electron chi connectivity index (χ0n) is 21.3. The van der Waals surface area contributed by atoms with Crippen molar-refractivity contribution in [2.75, 3.05) is 5.75 Å². The van der Waals surface area contributed by atoms with Gasteiger partial charge in [0.2, 0.25) is 0 Å². The van der Waals surface area contributed by atoms with E-state index in [4.69, 9.17) is 16.6 Å². The second-order valence-electron chi connectivity index (χ2n) is 10.0. The largest absolute Gasteiger partial charge is 0.388 e. The highest BCUT2D eigenvalue weighted by Crippen LogP contribution is 2.41. The minimum atomic E-state index is -0.387. The van der Waals surface area contributed by atoms with E-state index in [-0.39, 0.29) is 6.10 Å². The first-order valence-corrected chi connectivity index (χ1v) is 14.7. The molecule has 0 bridgehead atoms. The molecule has 1 fully saturated rings. The minimum Gasteiger partial charge on any atom is -0.388 e. The number of thioether (sulfide) groups is 1. The van der Waals surface area contributed by atoms with Gasteiger partial charge in [-0.1, -0.05) is 85.3 Å². The topological polar surface area (TPSA) is 33.1 Å². The highest BCUT2D eigenvalue weighted by molar-refractivity contribution is 7.99. The summed E-state index contributed by atoms with van der Waals surface area (Å²) in [5.74, 6) is 2.12.